The third kappa shape index (κ3) is 4.56. The van der Waals surface area contributed by atoms with Gasteiger partial charge in [-0.3, -0.25) is 4.79 Å². The molecule has 0 bridgehead atoms. The van der Waals surface area contributed by atoms with Crippen LogP contribution in [0.4, 0.5) is 0 Å². The van der Waals surface area contributed by atoms with Crippen LogP contribution in [0, 0.1) is 5.92 Å². The molecule has 0 aliphatic carbocycles. The third-order valence-electron chi connectivity index (χ3n) is 3.42. The first kappa shape index (κ1) is 16.0. The van der Waals surface area contributed by atoms with Crippen LogP contribution in [0.25, 0.3) is 0 Å². The molecule has 1 N–H and O–H groups in total. The number of carbonyl (C=O) groups excluding carboxylic acids is 1. The van der Waals surface area contributed by atoms with E-state index in [1.165, 1.54) is 0 Å². The van der Waals surface area contributed by atoms with Crippen LogP contribution in [-0.4, -0.2) is 37.7 Å². The molecule has 1 heterocycles. The molecule has 0 saturated heterocycles. The highest BCUT2D eigenvalue weighted by Gasteiger charge is 2.22. The molecule has 0 saturated carbocycles. The van der Waals surface area contributed by atoms with Crippen LogP contribution in [0.2, 0.25) is 0 Å². The molecule has 0 fully saturated rings. The summed E-state index contributed by atoms with van der Waals surface area (Å²) < 4.78 is 11.1. The van der Waals surface area contributed by atoms with Gasteiger partial charge in [-0.25, -0.2) is 0 Å². The van der Waals surface area contributed by atoms with Crippen LogP contribution in [0.5, 0.6) is 11.5 Å². The van der Waals surface area contributed by atoms with Crippen LogP contribution in [0.3, 0.4) is 0 Å². The lowest BCUT2D eigenvalue weighted by atomic mass is 9.96. The smallest absolute Gasteiger partial charge is 0.230 e. The van der Waals surface area contributed by atoms with Crippen LogP contribution in [-0.2, 0) is 11.2 Å². The predicted octanol–water partition coefficient (Wildman–Crippen LogP) is 2.51. The van der Waals surface area contributed by atoms with Crippen molar-refractivity contribution in [3.63, 3.8) is 0 Å². The SMILES string of the molecule is CCCSCC(=O)NCC1COc2c(cccc2OC)C1. The van der Waals surface area contributed by atoms with Gasteiger partial charge in [-0.2, -0.15) is 11.8 Å². The zero-order valence-corrected chi connectivity index (χ0v) is 13.5. The molecule has 116 valence electrons. The minimum atomic E-state index is 0.116. The first-order valence-electron chi connectivity index (χ1n) is 7.37. The van der Waals surface area contributed by atoms with Gasteiger partial charge in [0, 0.05) is 12.5 Å². The molecule has 1 aromatic carbocycles. The zero-order valence-electron chi connectivity index (χ0n) is 12.7. The molecule has 1 atom stereocenters. The molecular formula is C16H23NO3S. The molecule has 21 heavy (non-hydrogen) atoms. The Kier molecular flexibility index (Phi) is 6.23. The fourth-order valence-electron chi connectivity index (χ4n) is 2.37. The van der Waals surface area contributed by atoms with Crippen molar-refractivity contribution in [2.45, 2.75) is 19.8 Å². The number of rotatable bonds is 7. The van der Waals surface area contributed by atoms with E-state index >= 15 is 0 Å². The van der Waals surface area contributed by atoms with E-state index in [1.54, 1.807) is 18.9 Å². The number of amides is 1. The summed E-state index contributed by atoms with van der Waals surface area (Å²) in [5.41, 5.74) is 1.15. The third-order valence-corrected chi connectivity index (χ3v) is 4.59. The van der Waals surface area contributed by atoms with E-state index in [9.17, 15) is 4.79 Å². The fraction of sp³-hybridized carbons (Fsp3) is 0.562. The molecule has 1 aromatic rings. The van der Waals surface area contributed by atoms with Crippen molar-refractivity contribution >= 4 is 17.7 Å². The zero-order chi connectivity index (χ0) is 15.1. The Balaban J connectivity index is 1.81. The predicted molar refractivity (Wildman–Crippen MR) is 86.3 cm³/mol. The average molecular weight is 309 g/mol. The summed E-state index contributed by atoms with van der Waals surface area (Å²) in [5, 5.41) is 3.00. The van der Waals surface area contributed by atoms with Crippen molar-refractivity contribution in [2.24, 2.45) is 5.92 Å². The van der Waals surface area contributed by atoms with Gasteiger partial charge in [0.05, 0.1) is 19.5 Å². The molecule has 0 spiro atoms. The molecule has 0 aromatic heterocycles. The monoisotopic (exact) mass is 309 g/mol. The van der Waals surface area contributed by atoms with Gasteiger partial charge >= 0.3 is 0 Å². The Labute approximate surface area is 130 Å². The summed E-state index contributed by atoms with van der Waals surface area (Å²) in [7, 11) is 1.65. The Hall–Kier alpha value is -1.36. The number of benzene rings is 1. The van der Waals surface area contributed by atoms with Crippen LogP contribution in [0.15, 0.2) is 18.2 Å². The average Bonchev–Trinajstić information content (AvgIpc) is 2.52. The largest absolute Gasteiger partial charge is 0.493 e. The highest BCUT2D eigenvalue weighted by atomic mass is 32.2. The van der Waals surface area contributed by atoms with E-state index in [0.29, 0.717) is 24.8 Å². The first-order valence-corrected chi connectivity index (χ1v) is 8.53. The van der Waals surface area contributed by atoms with E-state index in [4.69, 9.17) is 9.47 Å². The summed E-state index contributed by atoms with van der Waals surface area (Å²) in [5.74, 6) is 3.65. The number of fused-ring (bicyclic) bond motifs is 1. The Morgan fingerprint density at radius 2 is 2.38 bits per heavy atom. The molecule has 0 radical (unpaired) electrons. The standard InChI is InChI=1S/C16H23NO3S/c1-3-7-21-11-15(18)17-9-12-8-13-5-4-6-14(19-2)16(13)20-10-12/h4-6,12H,3,7-11H2,1-2H3,(H,17,18). The second-order valence-electron chi connectivity index (χ2n) is 5.19. The number of hydrogen-bond acceptors (Lipinski definition) is 4. The summed E-state index contributed by atoms with van der Waals surface area (Å²) in [6, 6.07) is 5.94. The van der Waals surface area contributed by atoms with Gasteiger partial charge in [0.15, 0.2) is 11.5 Å². The topological polar surface area (TPSA) is 47.6 Å². The van der Waals surface area contributed by atoms with Gasteiger partial charge in [-0.1, -0.05) is 19.1 Å². The van der Waals surface area contributed by atoms with Crippen LogP contribution >= 0.6 is 11.8 Å². The second kappa shape index (κ2) is 8.17. The summed E-state index contributed by atoms with van der Waals surface area (Å²) >= 11 is 1.68. The fourth-order valence-corrected chi connectivity index (χ4v) is 3.09. The number of ether oxygens (including phenoxy) is 2. The van der Waals surface area contributed by atoms with Gasteiger partial charge < -0.3 is 14.8 Å². The van der Waals surface area contributed by atoms with Crippen molar-refractivity contribution < 1.29 is 14.3 Å². The Bertz CT molecular complexity index is 479. The van der Waals surface area contributed by atoms with Gasteiger partial charge in [0.1, 0.15) is 0 Å². The first-order chi connectivity index (χ1) is 10.2. The number of thioether (sulfide) groups is 1. The normalized spacial score (nSPS) is 16.8. The van der Waals surface area contributed by atoms with E-state index in [-0.39, 0.29) is 5.91 Å². The van der Waals surface area contributed by atoms with E-state index in [1.807, 2.05) is 12.1 Å². The minimum Gasteiger partial charge on any atom is -0.493 e. The van der Waals surface area contributed by atoms with E-state index in [0.717, 1.165) is 35.7 Å². The number of methoxy groups -OCH3 is 1. The number of nitrogens with one attached hydrogen (secondary N) is 1. The Morgan fingerprint density at radius 1 is 1.52 bits per heavy atom. The van der Waals surface area contributed by atoms with Crippen LogP contribution in [0.1, 0.15) is 18.9 Å². The van der Waals surface area contributed by atoms with Crippen molar-refractivity contribution in [1.29, 1.82) is 0 Å². The molecule has 1 aliphatic rings. The summed E-state index contributed by atoms with van der Waals surface area (Å²) in [6.07, 6.45) is 2.02. The summed E-state index contributed by atoms with van der Waals surface area (Å²) in [6.45, 7) is 3.41. The number of carbonyl (C=O) groups is 1. The molecule has 1 amide bonds. The quantitative estimate of drug-likeness (QED) is 0.786. The van der Waals surface area contributed by atoms with Gasteiger partial charge in [-0.15, -0.1) is 0 Å². The summed E-state index contributed by atoms with van der Waals surface area (Å²) in [4.78, 5) is 11.7. The van der Waals surface area contributed by atoms with Gasteiger partial charge in [-0.05, 0) is 30.2 Å². The van der Waals surface area contributed by atoms with E-state index in [2.05, 4.69) is 18.3 Å². The maximum absolute atomic E-state index is 11.7. The lowest BCUT2D eigenvalue weighted by Gasteiger charge is -2.26. The van der Waals surface area contributed by atoms with Crippen molar-refractivity contribution in [1.82, 2.24) is 5.32 Å². The molecule has 1 aliphatic heterocycles. The Morgan fingerprint density at radius 3 is 3.14 bits per heavy atom. The molecule has 1 unspecified atom stereocenters. The lowest BCUT2D eigenvalue weighted by Crippen LogP contribution is -2.35. The molecule has 4 nitrogen and oxygen atoms in total. The lowest BCUT2D eigenvalue weighted by molar-refractivity contribution is -0.118. The van der Waals surface area contributed by atoms with Crippen molar-refractivity contribution in [2.75, 3.05) is 31.8 Å². The highest BCUT2D eigenvalue weighted by Crippen LogP contribution is 2.35. The van der Waals surface area contributed by atoms with Crippen molar-refractivity contribution in [3.8, 4) is 11.5 Å². The van der Waals surface area contributed by atoms with Gasteiger partial charge in [0.2, 0.25) is 5.91 Å². The highest BCUT2D eigenvalue weighted by molar-refractivity contribution is 7.99. The van der Waals surface area contributed by atoms with E-state index < -0.39 is 0 Å². The maximum Gasteiger partial charge on any atom is 0.230 e. The maximum atomic E-state index is 11.7. The molecular weight excluding hydrogens is 286 g/mol. The minimum absolute atomic E-state index is 0.116. The van der Waals surface area contributed by atoms with Crippen LogP contribution < -0.4 is 14.8 Å². The second-order valence-corrected chi connectivity index (χ2v) is 6.29. The van der Waals surface area contributed by atoms with Gasteiger partial charge in [0.25, 0.3) is 0 Å². The van der Waals surface area contributed by atoms with Crippen molar-refractivity contribution in [3.05, 3.63) is 23.8 Å². The number of hydrogen-bond donors (Lipinski definition) is 1. The number of para-hydroxylation sites is 1. The molecule has 2 rings (SSSR count). The molecule has 5 heteroatoms.